The summed E-state index contributed by atoms with van der Waals surface area (Å²) in [5.74, 6) is 2.05. The van der Waals surface area contributed by atoms with E-state index in [1.165, 1.54) is 0 Å². The third-order valence-electron chi connectivity index (χ3n) is 3.97. The van der Waals surface area contributed by atoms with Crippen LogP contribution in [-0.4, -0.2) is 46.9 Å². The average molecular weight is 335 g/mol. The van der Waals surface area contributed by atoms with E-state index in [1.807, 2.05) is 16.8 Å². The lowest BCUT2D eigenvalue weighted by atomic mass is 10.2. The molecule has 8 heteroatoms. The number of nitrogens with zero attached hydrogens (tertiary/aromatic N) is 3. The van der Waals surface area contributed by atoms with Gasteiger partial charge in [-0.05, 0) is 6.07 Å². The van der Waals surface area contributed by atoms with Crippen molar-refractivity contribution < 1.29 is 14.3 Å². The van der Waals surface area contributed by atoms with Gasteiger partial charge in [0.1, 0.15) is 5.82 Å². The molecule has 1 fully saturated rings. The molecule has 23 heavy (non-hydrogen) atoms. The molecule has 2 aliphatic rings. The molecule has 0 aliphatic carbocycles. The normalized spacial score (nSPS) is 16.0. The topological polar surface area (TPSA) is 68.6 Å². The Labute approximate surface area is 137 Å². The van der Waals surface area contributed by atoms with Crippen LogP contribution in [0.1, 0.15) is 0 Å². The third-order valence-corrected chi connectivity index (χ3v) is 4.29. The van der Waals surface area contributed by atoms with Gasteiger partial charge in [0.05, 0.1) is 5.02 Å². The summed E-state index contributed by atoms with van der Waals surface area (Å²) in [5.41, 5.74) is 0.784. The minimum atomic E-state index is -0.0206. The lowest BCUT2D eigenvalue weighted by Gasteiger charge is -2.16. The van der Waals surface area contributed by atoms with Crippen LogP contribution in [0.15, 0.2) is 24.5 Å². The van der Waals surface area contributed by atoms with Crippen molar-refractivity contribution in [1.82, 2.24) is 19.8 Å². The number of carbonyl (C=O) groups is 1. The van der Waals surface area contributed by atoms with Crippen LogP contribution < -0.4 is 14.8 Å². The first-order valence-electron chi connectivity index (χ1n) is 7.36. The highest BCUT2D eigenvalue weighted by Crippen LogP contribution is 2.40. The summed E-state index contributed by atoms with van der Waals surface area (Å²) in [6.07, 6.45) is 3.60. The minimum Gasteiger partial charge on any atom is -0.454 e. The number of rotatable bonds is 4. The third kappa shape index (κ3) is 2.57. The van der Waals surface area contributed by atoms with Crippen molar-refractivity contribution in [3.05, 3.63) is 29.5 Å². The zero-order chi connectivity index (χ0) is 15.8. The highest BCUT2D eigenvalue weighted by atomic mass is 35.5. The van der Waals surface area contributed by atoms with E-state index in [9.17, 15) is 4.79 Å². The number of imidazole rings is 1. The second-order valence-electron chi connectivity index (χ2n) is 5.35. The average Bonchev–Trinajstić information content (AvgIpc) is 3.24. The smallest absolute Gasteiger partial charge is 0.317 e. The number of nitrogens with one attached hydrogen (secondary N) is 1. The summed E-state index contributed by atoms with van der Waals surface area (Å²) in [6, 6.07) is 3.56. The molecule has 1 aromatic heterocycles. The maximum Gasteiger partial charge on any atom is 0.317 e. The SMILES string of the molecule is O=C1NCCN1CCn1ccnc1-c1cc2c(cc1Cl)OCO2. The first-order valence-corrected chi connectivity index (χ1v) is 7.73. The largest absolute Gasteiger partial charge is 0.454 e. The Bertz CT molecular complexity index is 761. The molecular formula is C15H15ClN4O3. The highest BCUT2D eigenvalue weighted by molar-refractivity contribution is 6.33. The number of aromatic nitrogens is 2. The fraction of sp³-hybridized carbons (Fsp3) is 0.333. The fourth-order valence-corrected chi connectivity index (χ4v) is 3.01. The van der Waals surface area contributed by atoms with Crippen molar-refractivity contribution in [1.29, 1.82) is 0 Å². The van der Waals surface area contributed by atoms with Crippen LogP contribution >= 0.6 is 11.6 Å². The molecule has 0 radical (unpaired) electrons. The van der Waals surface area contributed by atoms with Crippen molar-refractivity contribution >= 4 is 17.6 Å². The Kier molecular flexibility index (Phi) is 3.49. The zero-order valence-corrected chi connectivity index (χ0v) is 13.0. The summed E-state index contributed by atoms with van der Waals surface area (Å²) >= 11 is 6.36. The van der Waals surface area contributed by atoms with E-state index in [1.54, 1.807) is 17.2 Å². The van der Waals surface area contributed by atoms with Gasteiger partial charge in [-0.1, -0.05) is 11.6 Å². The van der Waals surface area contributed by atoms with Gasteiger partial charge in [0.15, 0.2) is 11.5 Å². The van der Waals surface area contributed by atoms with Gasteiger partial charge in [-0.2, -0.15) is 0 Å². The van der Waals surface area contributed by atoms with Gasteiger partial charge in [0.2, 0.25) is 6.79 Å². The number of benzene rings is 1. The van der Waals surface area contributed by atoms with Gasteiger partial charge in [0, 0.05) is 50.2 Å². The Morgan fingerprint density at radius 3 is 2.87 bits per heavy atom. The predicted molar refractivity (Wildman–Crippen MR) is 83.8 cm³/mol. The Hall–Kier alpha value is -2.41. The first kappa shape index (κ1) is 14.2. The quantitative estimate of drug-likeness (QED) is 0.928. The maximum atomic E-state index is 11.6. The van der Waals surface area contributed by atoms with Gasteiger partial charge in [-0.3, -0.25) is 0 Å². The van der Waals surface area contributed by atoms with Gasteiger partial charge >= 0.3 is 6.03 Å². The van der Waals surface area contributed by atoms with Gasteiger partial charge in [-0.25, -0.2) is 9.78 Å². The summed E-state index contributed by atoms with van der Waals surface area (Å²) in [6.45, 7) is 2.90. The molecule has 1 N–H and O–H groups in total. The van der Waals surface area contributed by atoms with Crippen molar-refractivity contribution in [2.75, 3.05) is 26.4 Å². The van der Waals surface area contributed by atoms with Crippen LogP contribution in [0.25, 0.3) is 11.4 Å². The minimum absolute atomic E-state index is 0.0206. The molecule has 3 heterocycles. The summed E-state index contributed by atoms with van der Waals surface area (Å²) in [7, 11) is 0. The Balaban J connectivity index is 1.58. The van der Waals surface area contributed by atoms with E-state index < -0.39 is 0 Å². The molecule has 0 atom stereocenters. The number of halogens is 1. The van der Waals surface area contributed by atoms with E-state index in [2.05, 4.69) is 10.3 Å². The maximum absolute atomic E-state index is 11.6. The van der Waals surface area contributed by atoms with Gasteiger partial charge in [0.25, 0.3) is 0 Å². The summed E-state index contributed by atoms with van der Waals surface area (Å²) < 4.78 is 12.7. The molecule has 1 saturated heterocycles. The van der Waals surface area contributed by atoms with E-state index in [0.717, 1.165) is 17.9 Å². The Morgan fingerprint density at radius 1 is 1.26 bits per heavy atom. The number of hydrogen-bond donors (Lipinski definition) is 1. The number of hydrogen-bond acceptors (Lipinski definition) is 4. The van der Waals surface area contributed by atoms with Gasteiger partial charge in [-0.15, -0.1) is 0 Å². The molecule has 0 bridgehead atoms. The second kappa shape index (κ2) is 5.66. The lowest BCUT2D eigenvalue weighted by Crippen LogP contribution is -2.31. The number of ether oxygens (including phenoxy) is 2. The van der Waals surface area contributed by atoms with Crippen LogP contribution in [0.5, 0.6) is 11.5 Å². The van der Waals surface area contributed by atoms with E-state index in [-0.39, 0.29) is 12.8 Å². The molecule has 1 aromatic carbocycles. The number of urea groups is 1. The molecule has 2 aliphatic heterocycles. The van der Waals surface area contributed by atoms with E-state index >= 15 is 0 Å². The molecule has 0 saturated carbocycles. The van der Waals surface area contributed by atoms with Crippen LogP contribution in [0.4, 0.5) is 4.79 Å². The van der Waals surface area contributed by atoms with E-state index in [4.69, 9.17) is 21.1 Å². The summed E-state index contributed by atoms with van der Waals surface area (Å²) in [5, 5.41) is 3.35. The monoisotopic (exact) mass is 334 g/mol. The lowest BCUT2D eigenvalue weighted by molar-refractivity contribution is 0.174. The standard InChI is InChI=1S/C15H15ClN4O3/c16-11-8-13-12(22-9-23-13)7-10(11)14-17-1-3-19(14)5-6-20-4-2-18-15(20)21/h1,3,7-8H,2,4-6,9H2,(H,18,21). The van der Waals surface area contributed by atoms with Crippen LogP contribution in [0, 0.1) is 0 Å². The molecule has 4 rings (SSSR count). The molecule has 7 nitrogen and oxygen atoms in total. The summed E-state index contributed by atoms with van der Waals surface area (Å²) in [4.78, 5) is 17.8. The number of amides is 2. The molecule has 2 aromatic rings. The van der Waals surface area contributed by atoms with E-state index in [0.29, 0.717) is 36.2 Å². The molecule has 2 amide bonds. The molecular weight excluding hydrogens is 320 g/mol. The van der Waals surface area contributed by atoms with Crippen LogP contribution in [-0.2, 0) is 6.54 Å². The van der Waals surface area contributed by atoms with Crippen molar-refractivity contribution in [2.45, 2.75) is 6.54 Å². The van der Waals surface area contributed by atoms with Crippen molar-refractivity contribution in [2.24, 2.45) is 0 Å². The molecule has 0 spiro atoms. The molecule has 120 valence electrons. The highest BCUT2D eigenvalue weighted by Gasteiger charge is 2.21. The zero-order valence-electron chi connectivity index (χ0n) is 12.3. The van der Waals surface area contributed by atoms with Crippen molar-refractivity contribution in [3.63, 3.8) is 0 Å². The first-order chi connectivity index (χ1) is 11.2. The van der Waals surface area contributed by atoms with Crippen LogP contribution in [0.3, 0.4) is 0 Å². The predicted octanol–water partition coefficient (Wildman–Crippen LogP) is 1.96. The number of carbonyl (C=O) groups excluding carboxylic acids is 1. The molecule has 0 unspecified atom stereocenters. The fourth-order valence-electron chi connectivity index (χ4n) is 2.78. The van der Waals surface area contributed by atoms with Crippen LogP contribution in [0.2, 0.25) is 5.02 Å². The Morgan fingerprint density at radius 2 is 2.09 bits per heavy atom. The second-order valence-corrected chi connectivity index (χ2v) is 5.76. The number of fused-ring (bicyclic) bond motifs is 1. The van der Waals surface area contributed by atoms with Gasteiger partial charge < -0.3 is 24.3 Å². The van der Waals surface area contributed by atoms with Crippen molar-refractivity contribution in [3.8, 4) is 22.9 Å².